The van der Waals surface area contributed by atoms with Gasteiger partial charge in [-0.05, 0) is 5.41 Å². The van der Waals surface area contributed by atoms with Crippen LogP contribution in [0.1, 0.15) is 20.8 Å². The first-order chi connectivity index (χ1) is 4.21. The zero-order valence-electron chi connectivity index (χ0n) is 6.40. The van der Waals surface area contributed by atoms with E-state index in [-0.39, 0.29) is 5.41 Å². The van der Waals surface area contributed by atoms with Crippen LogP contribution in [-0.2, 0) is 4.57 Å². The minimum atomic E-state index is -3.94. The minimum absolute atomic E-state index is 0.166. The topological polar surface area (TPSA) is 57.5 Å². The molecule has 0 aromatic carbocycles. The lowest BCUT2D eigenvalue weighted by molar-refractivity contribution is 0.385. The second kappa shape index (κ2) is 2.87. The highest BCUT2D eigenvalue weighted by Gasteiger charge is 2.10. The third-order valence-electron chi connectivity index (χ3n) is 0.769. The van der Waals surface area contributed by atoms with Gasteiger partial charge in [0, 0.05) is 5.82 Å². The first kappa shape index (κ1) is 9.89. The van der Waals surface area contributed by atoms with Gasteiger partial charge in [-0.3, -0.25) is 4.57 Å². The van der Waals surface area contributed by atoms with Gasteiger partial charge in [-0.2, -0.15) is 0 Å². The first-order valence-electron chi connectivity index (χ1n) is 2.96. The Morgan fingerprint density at radius 3 is 1.80 bits per heavy atom. The van der Waals surface area contributed by atoms with Crippen molar-refractivity contribution in [2.24, 2.45) is 5.41 Å². The molecule has 0 saturated heterocycles. The molecule has 2 N–H and O–H groups in total. The third-order valence-corrected chi connectivity index (χ3v) is 1.31. The van der Waals surface area contributed by atoms with E-state index in [0.29, 0.717) is 0 Å². The average molecular weight is 164 g/mol. The second-order valence-electron chi connectivity index (χ2n) is 3.27. The quantitative estimate of drug-likeness (QED) is 0.580. The third kappa shape index (κ3) is 7.89. The molecule has 10 heavy (non-hydrogen) atoms. The SMILES string of the molecule is CC(C)(C)/C=C/P(=O)(O)O. The van der Waals surface area contributed by atoms with E-state index in [1.54, 1.807) is 0 Å². The second-order valence-corrected chi connectivity index (χ2v) is 4.75. The van der Waals surface area contributed by atoms with Crippen molar-refractivity contribution in [2.75, 3.05) is 0 Å². The Balaban J connectivity index is 4.16. The standard InChI is InChI=1S/C6H13O3P/c1-6(2,3)4-5-10(7,8)9/h4-5H,1-3H3,(H2,7,8,9)/b5-4+. The molecule has 0 heterocycles. The van der Waals surface area contributed by atoms with E-state index >= 15 is 0 Å². The normalized spacial score (nSPS) is 14.5. The summed E-state index contributed by atoms with van der Waals surface area (Å²) in [6.07, 6.45) is 1.51. The van der Waals surface area contributed by atoms with Gasteiger partial charge in [-0.1, -0.05) is 26.8 Å². The van der Waals surface area contributed by atoms with Crippen molar-refractivity contribution in [1.29, 1.82) is 0 Å². The average Bonchev–Trinajstić information content (AvgIpc) is 1.57. The van der Waals surface area contributed by atoms with Gasteiger partial charge >= 0.3 is 7.60 Å². The van der Waals surface area contributed by atoms with E-state index in [2.05, 4.69) is 0 Å². The summed E-state index contributed by atoms with van der Waals surface area (Å²) in [5.74, 6) is 0.938. The number of rotatable bonds is 1. The molecule has 4 heteroatoms. The number of hydrogen-bond acceptors (Lipinski definition) is 1. The molecular weight excluding hydrogens is 151 g/mol. The van der Waals surface area contributed by atoms with E-state index in [4.69, 9.17) is 9.79 Å². The van der Waals surface area contributed by atoms with Crippen molar-refractivity contribution in [3.8, 4) is 0 Å². The first-order valence-corrected chi connectivity index (χ1v) is 4.64. The Kier molecular flexibility index (Phi) is 2.84. The molecule has 0 unspecified atom stereocenters. The molecule has 0 bridgehead atoms. The van der Waals surface area contributed by atoms with Crippen molar-refractivity contribution in [3.05, 3.63) is 11.9 Å². The highest BCUT2D eigenvalue weighted by molar-refractivity contribution is 7.55. The summed E-state index contributed by atoms with van der Waals surface area (Å²) < 4.78 is 10.3. The molecule has 0 rings (SSSR count). The molecule has 0 aromatic heterocycles. The van der Waals surface area contributed by atoms with Crippen LogP contribution in [0.5, 0.6) is 0 Å². The predicted molar refractivity (Wildman–Crippen MR) is 40.6 cm³/mol. The van der Waals surface area contributed by atoms with E-state index in [0.717, 1.165) is 5.82 Å². The molecule has 0 aromatic rings. The fourth-order valence-corrected chi connectivity index (χ4v) is 0.962. The molecule has 0 saturated carbocycles. The van der Waals surface area contributed by atoms with E-state index in [1.165, 1.54) is 6.08 Å². The lowest BCUT2D eigenvalue weighted by atomic mass is 9.98. The maximum atomic E-state index is 10.3. The van der Waals surface area contributed by atoms with Crippen LogP contribution in [0.25, 0.3) is 0 Å². The lowest BCUT2D eigenvalue weighted by Crippen LogP contribution is -1.98. The molecule has 0 fully saturated rings. The van der Waals surface area contributed by atoms with Crippen LogP contribution in [0.15, 0.2) is 11.9 Å². The smallest absolute Gasteiger partial charge is 0.321 e. The summed E-state index contributed by atoms with van der Waals surface area (Å²) in [6, 6.07) is 0. The van der Waals surface area contributed by atoms with Crippen molar-refractivity contribution in [3.63, 3.8) is 0 Å². The predicted octanol–water partition coefficient (Wildman–Crippen LogP) is 1.72. The van der Waals surface area contributed by atoms with Crippen molar-refractivity contribution in [1.82, 2.24) is 0 Å². The largest absolute Gasteiger partial charge is 0.348 e. The van der Waals surface area contributed by atoms with Gasteiger partial charge in [-0.15, -0.1) is 0 Å². The molecule has 0 spiro atoms. The summed E-state index contributed by atoms with van der Waals surface area (Å²) in [4.78, 5) is 16.8. The van der Waals surface area contributed by atoms with Gasteiger partial charge < -0.3 is 9.79 Å². The molecule has 0 aliphatic carbocycles. The van der Waals surface area contributed by atoms with Crippen LogP contribution >= 0.6 is 7.60 Å². The van der Waals surface area contributed by atoms with Crippen LogP contribution in [-0.4, -0.2) is 9.79 Å². The lowest BCUT2D eigenvalue weighted by Gasteiger charge is -2.10. The molecule has 3 nitrogen and oxygen atoms in total. The maximum absolute atomic E-state index is 10.3. The van der Waals surface area contributed by atoms with E-state index < -0.39 is 7.60 Å². The highest BCUT2D eigenvalue weighted by Crippen LogP contribution is 2.37. The molecule has 0 aliphatic rings. The molecule has 0 radical (unpaired) electrons. The van der Waals surface area contributed by atoms with Gasteiger partial charge in [0.05, 0.1) is 0 Å². The van der Waals surface area contributed by atoms with Crippen molar-refractivity contribution in [2.45, 2.75) is 20.8 Å². The summed E-state index contributed by atoms with van der Waals surface area (Å²) in [5, 5.41) is 0. The summed E-state index contributed by atoms with van der Waals surface area (Å²) >= 11 is 0. The van der Waals surface area contributed by atoms with Gasteiger partial charge in [0.2, 0.25) is 0 Å². The zero-order valence-corrected chi connectivity index (χ0v) is 7.30. The number of allylic oxidation sites excluding steroid dienone is 1. The Morgan fingerprint density at radius 1 is 1.30 bits per heavy atom. The summed E-state index contributed by atoms with van der Waals surface area (Å²) in [6.45, 7) is 5.62. The van der Waals surface area contributed by atoms with Crippen molar-refractivity contribution < 1.29 is 14.4 Å². The Bertz CT molecular complexity index is 172. The summed E-state index contributed by atoms with van der Waals surface area (Å²) in [5.41, 5.74) is -0.166. The highest BCUT2D eigenvalue weighted by atomic mass is 31.2. The van der Waals surface area contributed by atoms with Gasteiger partial charge in [-0.25, -0.2) is 0 Å². The molecule has 0 aliphatic heterocycles. The minimum Gasteiger partial charge on any atom is -0.321 e. The zero-order chi connectivity index (χ0) is 8.41. The fourth-order valence-electron chi connectivity index (χ4n) is 0.321. The monoisotopic (exact) mass is 164 g/mol. The van der Waals surface area contributed by atoms with E-state index in [9.17, 15) is 4.57 Å². The Hall–Kier alpha value is -0.110. The Morgan fingerprint density at radius 2 is 1.70 bits per heavy atom. The van der Waals surface area contributed by atoms with Crippen LogP contribution in [0.4, 0.5) is 0 Å². The Labute approximate surface area is 60.9 Å². The van der Waals surface area contributed by atoms with Gasteiger partial charge in [0.15, 0.2) is 0 Å². The van der Waals surface area contributed by atoms with E-state index in [1.807, 2.05) is 20.8 Å². The fraction of sp³-hybridized carbons (Fsp3) is 0.667. The van der Waals surface area contributed by atoms with Crippen molar-refractivity contribution >= 4 is 7.60 Å². The van der Waals surface area contributed by atoms with Gasteiger partial charge in [0.25, 0.3) is 0 Å². The molecule has 0 atom stereocenters. The van der Waals surface area contributed by atoms with Crippen LogP contribution in [0.3, 0.4) is 0 Å². The van der Waals surface area contributed by atoms with Crippen LogP contribution < -0.4 is 0 Å². The van der Waals surface area contributed by atoms with Crippen LogP contribution in [0.2, 0.25) is 0 Å². The molecule has 0 amide bonds. The molecular formula is C6H13O3P. The molecule has 60 valence electrons. The maximum Gasteiger partial charge on any atom is 0.348 e. The van der Waals surface area contributed by atoms with Gasteiger partial charge in [0.1, 0.15) is 0 Å². The van der Waals surface area contributed by atoms with Crippen LogP contribution in [0, 0.1) is 5.41 Å². The summed E-state index contributed by atoms with van der Waals surface area (Å²) in [7, 11) is -3.94. The number of hydrogen-bond donors (Lipinski definition) is 2.